The van der Waals surface area contributed by atoms with Crippen molar-refractivity contribution >= 4 is 29.9 Å². The number of H-pyrrole nitrogens is 1. The Morgan fingerprint density at radius 3 is 2.46 bits per heavy atom. The lowest BCUT2D eigenvalue weighted by atomic mass is 10.0. The highest BCUT2D eigenvalue weighted by atomic mass is 32.2. The zero-order valence-corrected chi connectivity index (χ0v) is 15.7. The van der Waals surface area contributed by atoms with Crippen LogP contribution in [0.4, 0.5) is 0 Å². The maximum absolute atomic E-state index is 11.6. The summed E-state index contributed by atoms with van der Waals surface area (Å²) in [5, 5.41) is 16.7. The summed E-state index contributed by atoms with van der Waals surface area (Å²) in [7, 11) is 0. The number of hydrogen-bond donors (Lipinski definition) is 2. The van der Waals surface area contributed by atoms with Crippen molar-refractivity contribution in [2.75, 3.05) is 11.5 Å². The van der Waals surface area contributed by atoms with Gasteiger partial charge in [0.15, 0.2) is 10.6 Å². The maximum atomic E-state index is 11.6. The molecule has 0 radical (unpaired) electrons. The highest BCUT2D eigenvalue weighted by Gasteiger charge is 2.19. The molecule has 7 heteroatoms. The van der Waals surface area contributed by atoms with Gasteiger partial charge in [-0.25, -0.2) is 0 Å². The monoisotopic (exact) mass is 385 g/mol. The molecule has 0 saturated heterocycles. The van der Waals surface area contributed by atoms with Crippen molar-refractivity contribution in [2.45, 2.75) is 12.5 Å². The number of carbonyl (C=O) groups is 1. The first-order valence-corrected chi connectivity index (χ1v) is 9.79. The Kier molecular flexibility index (Phi) is 6.25. The molecule has 0 aliphatic heterocycles. The molecule has 1 aromatic heterocycles. The first kappa shape index (κ1) is 18.4. The molecule has 0 aliphatic rings. The van der Waals surface area contributed by atoms with Crippen LogP contribution < -0.4 is 0 Å². The Balaban J connectivity index is 1.63. The van der Waals surface area contributed by atoms with Gasteiger partial charge < -0.3 is 5.11 Å². The summed E-state index contributed by atoms with van der Waals surface area (Å²) < 4.78 is 2.53. The number of carboxylic acid groups (broad SMARTS) is 1. The quantitative estimate of drug-likeness (QED) is 0.449. The van der Waals surface area contributed by atoms with Crippen molar-refractivity contribution in [3.05, 3.63) is 71.0 Å². The maximum Gasteiger partial charge on any atom is 0.311 e. The zero-order chi connectivity index (χ0) is 18.4. The Bertz CT molecular complexity index is 907. The van der Waals surface area contributed by atoms with Gasteiger partial charge in [-0.1, -0.05) is 60.7 Å². The number of thioether (sulfide) groups is 1. The fourth-order valence-electron chi connectivity index (χ4n) is 2.69. The van der Waals surface area contributed by atoms with Crippen LogP contribution >= 0.6 is 24.0 Å². The highest BCUT2D eigenvalue weighted by molar-refractivity contribution is 7.99. The molecular weight excluding hydrogens is 366 g/mol. The minimum absolute atomic E-state index is 0.507. The van der Waals surface area contributed by atoms with E-state index in [2.05, 4.69) is 10.2 Å². The summed E-state index contributed by atoms with van der Waals surface area (Å²) in [6.45, 7) is 0.672. The van der Waals surface area contributed by atoms with Crippen LogP contribution in [0.3, 0.4) is 0 Å². The molecule has 0 spiro atoms. The van der Waals surface area contributed by atoms with E-state index in [1.54, 1.807) is 11.8 Å². The predicted molar refractivity (Wildman–Crippen MR) is 107 cm³/mol. The first-order valence-electron chi connectivity index (χ1n) is 8.23. The van der Waals surface area contributed by atoms with E-state index in [0.29, 0.717) is 17.1 Å². The van der Waals surface area contributed by atoms with Crippen LogP contribution in [-0.4, -0.2) is 37.3 Å². The lowest BCUT2D eigenvalue weighted by molar-refractivity contribution is -0.138. The van der Waals surface area contributed by atoms with E-state index >= 15 is 0 Å². The standard InChI is InChI=1S/C19H19N3O2S2/c23-18(24)16(14-7-3-1-4-8-14)13-26-12-11-22-17(20-21-19(22)25)15-9-5-2-6-10-15/h1-10,16H,11-13H2,(H,21,25)(H,23,24). The van der Waals surface area contributed by atoms with Gasteiger partial charge in [0.2, 0.25) is 0 Å². The molecule has 2 aromatic carbocycles. The van der Waals surface area contributed by atoms with Crippen molar-refractivity contribution in [3.63, 3.8) is 0 Å². The van der Waals surface area contributed by atoms with Gasteiger partial charge in [-0.05, 0) is 17.8 Å². The topological polar surface area (TPSA) is 70.9 Å². The van der Waals surface area contributed by atoms with Crippen LogP contribution in [-0.2, 0) is 11.3 Å². The molecule has 134 valence electrons. The summed E-state index contributed by atoms with van der Waals surface area (Å²) in [5.74, 6) is 0.768. The number of hydrogen-bond acceptors (Lipinski definition) is 4. The minimum Gasteiger partial charge on any atom is -0.481 e. The zero-order valence-electron chi connectivity index (χ0n) is 14.0. The number of nitrogens with zero attached hydrogens (tertiary/aromatic N) is 2. The lowest BCUT2D eigenvalue weighted by Crippen LogP contribution is -2.15. The van der Waals surface area contributed by atoms with Gasteiger partial charge in [0.05, 0.1) is 5.92 Å². The third-order valence-corrected chi connectivity index (χ3v) is 5.39. The van der Waals surface area contributed by atoms with Crippen molar-refractivity contribution in [3.8, 4) is 11.4 Å². The van der Waals surface area contributed by atoms with Crippen molar-refractivity contribution in [1.29, 1.82) is 0 Å². The number of benzene rings is 2. The average Bonchev–Trinajstić information content (AvgIpc) is 3.03. The van der Waals surface area contributed by atoms with Gasteiger partial charge in [-0.3, -0.25) is 14.5 Å². The Morgan fingerprint density at radius 2 is 1.81 bits per heavy atom. The summed E-state index contributed by atoms with van der Waals surface area (Å²) in [5.41, 5.74) is 1.83. The molecule has 3 rings (SSSR count). The van der Waals surface area contributed by atoms with Crippen LogP contribution in [0, 0.1) is 4.77 Å². The highest BCUT2D eigenvalue weighted by Crippen LogP contribution is 2.22. The van der Waals surface area contributed by atoms with E-state index in [0.717, 1.165) is 22.7 Å². The fraction of sp³-hybridized carbons (Fsp3) is 0.211. The Hall–Kier alpha value is -2.38. The first-order chi connectivity index (χ1) is 12.7. The molecule has 26 heavy (non-hydrogen) atoms. The molecule has 1 unspecified atom stereocenters. The molecule has 0 amide bonds. The van der Waals surface area contributed by atoms with E-state index in [1.807, 2.05) is 65.2 Å². The molecule has 0 saturated carbocycles. The summed E-state index contributed by atoms with van der Waals surface area (Å²) in [6, 6.07) is 19.2. The normalized spacial score (nSPS) is 12.0. The largest absolute Gasteiger partial charge is 0.481 e. The van der Waals surface area contributed by atoms with Gasteiger partial charge in [0.1, 0.15) is 0 Å². The van der Waals surface area contributed by atoms with Crippen LogP contribution in [0.2, 0.25) is 0 Å². The van der Waals surface area contributed by atoms with Gasteiger partial charge in [-0.15, -0.1) is 0 Å². The molecule has 0 fully saturated rings. The molecular formula is C19H19N3O2S2. The number of aromatic nitrogens is 3. The summed E-state index contributed by atoms with van der Waals surface area (Å²) in [4.78, 5) is 11.6. The van der Waals surface area contributed by atoms with Gasteiger partial charge in [0.25, 0.3) is 0 Å². The van der Waals surface area contributed by atoms with Gasteiger partial charge in [0, 0.05) is 23.6 Å². The van der Waals surface area contributed by atoms with Crippen LogP contribution in [0.15, 0.2) is 60.7 Å². The summed E-state index contributed by atoms with van der Waals surface area (Å²) >= 11 is 6.94. The Labute approximate surface area is 161 Å². The van der Waals surface area contributed by atoms with Gasteiger partial charge in [-0.2, -0.15) is 16.9 Å². The smallest absolute Gasteiger partial charge is 0.311 e. The van der Waals surface area contributed by atoms with E-state index in [1.165, 1.54) is 0 Å². The number of aromatic amines is 1. The second kappa shape index (κ2) is 8.82. The molecule has 1 heterocycles. The van der Waals surface area contributed by atoms with Crippen molar-refractivity contribution < 1.29 is 9.90 Å². The molecule has 5 nitrogen and oxygen atoms in total. The molecule has 1 atom stereocenters. The van der Waals surface area contributed by atoms with Crippen LogP contribution in [0.25, 0.3) is 11.4 Å². The van der Waals surface area contributed by atoms with Crippen molar-refractivity contribution in [2.24, 2.45) is 0 Å². The second-order valence-electron chi connectivity index (χ2n) is 5.75. The number of aliphatic carboxylic acids is 1. The molecule has 0 aliphatic carbocycles. The number of nitrogens with one attached hydrogen (secondary N) is 1. The van der Waals surface area contributed by atoms with Gasteiger partial charge >= 0.3 is 5.97 Å². The van der Waals surface area contributed by atoms with E-state index in [4.69, 9.17) is 12.2 Å². The molecule has 2 N–H and O–H groups in total. The Morgan fingerprint density at radius 1 is 1.15 bits per heavy atom. The molecule has 0 bridgehead atoms. The molecule has 3 aromatic rings. The minimum atomic E-state index is -0.798. The van der Waals surface area contributed by atoms with Crippen molar-refractivity contribution in [1.82, 2.24) is 14.8 Å². The third kappa shape index (κ3) is 4.42. The average molecular weight is 386 g/mol. The second-order valence-corrected chi connectivity index (χ2v) is 7.28. The fourth-order valence-corrected chi connectivity index (χ4v) is 3.96. The van der Waals surface area contributed by atoms with E-state index in [9.17, 15) is 9.90 Å². The van der Waals surface area contributed by atoms with E-state index in [-0.39, 0.29) is 0 Å². The lowest BCUT2D eigenvalue weighted by Gasteiger charge is -2.13. The third-order valence-electron chi connectivity index (χ3n) is 4.03. The number of rotatable bonds is 8. The van der Waals surface area contributed by atoms with E-state index < -0.39 is 11.9 Å². The summed E-state index contributed by atoms with van der Waals surface area (Å²) in [6.07, 6.45) is 0. The SMILES string of the molecule is O=C(O)C(CSCCn1c(-c2ccccc2)n[nH]c1=S)c1ccccc1. The predicted octanol–water partition coefficient (Wildman–Crippen LogP) is 4.21. The number of carboxylic acids is 1. The van der Waals surface area contributed by atoms with Crippen LogP contribution in [0.5, 0.6) is 0 Å². The van der Waals surface area contributed by atoms with Crippen LogP contribution in [0.1, 0.15) is 11.5 Å².